The van der Waals surface area contributed by atoms with Crippen LogP contribution in [0.15, 0.2) is 29.2 Å². The third kappa shape index (κ3) is 2.90. The van der Waals surface area contributed by atoms with Gasteiger partial charge in [-0.25, -0.2) is 8.42 Å². The summed E-state index contributed by atoms with van der Waals surface area (Å²) in [6.45, 7) is 0.0261. The van der Waals surface area contributed by atoms with E-state index in [1.165, 1.54) is 0 Å². The molecule has 0 aliphatic carbocycles. The zero-order valence-corrected chi connectivity index (χ0v) is 10.6. The van der Waals surface area contributed by atoms with Gasteiger partial charge in [0.25, 0.3) is 0 Å². The molecule has 1 aromatic rings. The Hall–Kier alpha value is -1.12. The van der Waals surface area contributed by atoms with Gasteiger partial charge in [0.1, 0.15) is 0 Å². The minimum atomic E-state index is -4.59. The lowest BCUT2D eigenvalue weighted by Crippen LogP contribution is -2.29. The van der Waals surface area contributed by atoms with Crippen LogP contribution in [0.4, 0.5) is 13.2 Å². The zero-order valence-electron chi connectivity index (χ0n) is 9.76. The van der Waals surface area contributed by atoms with Crippen LogP contribution >= 0.6 is 0 Å². The summed E-state index contributed by atoms with van der Waals surface area (Å²) in [6.07, 6.45) is -5.06. The lowest BCUT2D eigenvalue weighted by Gasteiger charge is -2.16. The highest BCUT2D eigenvalue weighted by Gasteiger charge is 2.35. The van der Waals surface area contributed by atoms with Crippen LogP contribution in [-0.2, 0) is 16.2 Å². The summed E-state index contributed by atoms with van der Waals surface area (Å²) in [6, 6.07) is 3.61. The summed E-state index contributed by atoms with van der Waals surface area (Å²) in [4.78, 5) is -0.406. The first-order valence-corrected chi connectivity index (χ1v) is 7.01. The van der Waals surface area contributed by atoms with E-state index in [0.717, 1.165) is 22.5 Å². The molecule has 0 spiro atoms. The maximum atomic E-state index is 12.5. The molecule has 0 bridgehead atoms. The van der Waals surface area contributed by atoms with E-state index in [0.29, 0.717) is 6.07 Å². The summed E-state index contributed by atoms with van der Waals surface area (Å²) in [7, 11) is -3.98. The summed E-state index contributed by atoms with van der Waals surface area (Å²) in [5.41, 5.74) is -1.01. The molecule has 1 atom stereocenters. The first kappa shape index (κ1) is 14.3. The molecule has 0 amide bonds. The number of sulfonamides is 1. The monoisotopic (exact) mass is 295 g/mol. The van der Waals surface area contributed by atoms with Crippen LogP contribution in [0.1, 0.15) is 12.0 Å². The van der Waals surface area contributed by atoms with Gasteiger partial charge in [0.2, 0.25) is 10.0 Å². The zero-order chi connectivity index (χ0) is 14.3. The molecule has 1 aliphatic rings. The predicted octanol–water partition coefficient (Wildman–Crippen LogP) is 1.46. The number of hydrogen-bond donors (Lipinski definition) is 1. The second kappa shape index (κ2) is 4.77. The average molecular weight is 295 g/mol. The Labute approximate surface area is 108 Å². The lowest BCUT2D eigenvalue weighted by atomic mass is 10.2. The van der Waals surface area contributed by atoms with Crippen LogP contribution in [0.2, 0.25) is 0 Å². The smallest absolute Gasteiger partial charge is 0.392 e. The lowest BCUT2D eigenvalue weighted by molar-refractivity contribution is -0.137. The quantitative estimate of drug-likeness (QED) is 0.898. The highest BCUT2D eigenvalue weighted by atomic mass is 32.2. The Morgan fingerprint density at radius 1 is 1.32 bits per heavy atom. The number of aliphatic hydroxyl groups excluding tert-OH is 1. The Kier molecular flexibility index (Phi) is 3.59. The molecular formula is C11H12F3NO3S. The van der Waals surface area contributed by atoms with E-state index in [2.05, 4.69) is 0 Å². The van der Waals surface area contributed by atoms with Crippen molar-refractivity contribution in [3.05, 3.63) is 29.8 Å². The van der Waals surface area contributed by atoms with Gasteiger partial charge in [-0.2, -0.15) is 17.5 Å². The van der Waals surface area contributed by atoms with Gasteiger partial charge in [0, 0.05) is 13.1 Å². The third-order valence-corrected chi connectivity index (χ3v) is 4.79. The third-order valence-electron chi connectivity index (χ3n) is 2.93. The second-order valence-electron chi connectivity index (χ2n) is 4.33. The van der Waals surface area contributed by atoms with Crippen molar-refractivity contribution < 1.29 is 26.7 Å². The number of rotatable bonds is 2. The number of hydrogen-bond acceptors (Lipinski definition) is 3. The molecule has 8 heteroatoms. The SMILES string of the molecule is O=S(=O)(c1cccc(C(F)(F)F)c1)N1CCC(O)C1. The van der Waals surface area contributed by atoms with Crippen molar-refractivity contribution in [2.45, 2.75) is 23.6 Å². The van der Waals surface area contributed by atoms with Crippen LogP contribution in [0.25, 0.3) is 0 Å². The molecule has 0 radical (unpaired) electrons. The molecule has 1 unspecified atom stereocenters. The fourth-order valence-corrected chi connectivity index (χ4v) is 3.45. The van der Waals surface area contributed by atoms with Crippen molar-refractivity contribution in [2.75, 3.05) is 13.1 Å². The average Bonchev–Trinajstić information content (AvgIpc) is 2.76. The van der Waals surface area contributed by atoms with E-state index >= 15 is 0 Å². The molecule has 1 aliphatic heterocycles. The molecule has 1 heterocycles. The van der Waals surface area contributed by atoms with Crippen molar-refractivity contribution in [3.8, 4) is 0 Å². The predicted molar refractivity (Wildman–Crippen MR) is 60.8 cm³/mol. The standard InChI is InChI=1S/C11H12F3NO3S/c12-11(13,14)8-2-1-3-10(6-8)19(17,18)15-5-4-9(16)7-15/h1-3,6,9,16H,4-5,7H2. The number of benzene rings is 1. The van der Waals surface area contributed by atoms with Crippen LogP contribution < -0.4 is 0 Å². The molecule has 1 N–H and O–H groups in total. The summed E-state index contributed by atoms with van der Waals surface area (Å²) < 4.78 is 62.8. The first-order chi connectivity index (χ1) is 8.71. The van der Waals surface area contributed by atoms with E-state index in [1.54, 1.807) is 0 Å². The van der Waals surface area contributed by atoms with E-state index in [9.17, 15) is 26.7 Å². The highest BCUT2D eigenvalue weighted by molar-refractivity contribution is 7.89. The van der Waals surface area contributed by atoms with Crippen molar-refractivity contribution in [1.82, 2.24) is 4.31 Å². The van der Waals surface area contributed by atoms with Crippen molar-refractivity contribution >= 4 is 10.0 Å². The van der Waals surface area contributed by atoms with Gasteiger partial charge in [-0.3, -0.25) is 0 Å². The van der Waals surface area contributed by atoms with Crippen molar-refractivity contribution in [2.24, 2.45) is 0 Å². The molecule has 1 aromatic carbocycles. The number of β-amino-alcohol motifs (C(OH)–C–C–N with tert-alkyl or cyclic N) is 1. The molecule has 106 valence electrons. The van der Waals surface area contributed by atoms with Crippen LogP contribution in [-0.4, -0.2) is 37.0 Å². The summed E-state index contributed by atoms with van der Waals surface area (Å²) in [5.74, 6) is 0. The molecule has 2 rings (SSSR count). The van der Waals surface area contributed by atoms with Gasteiger partial charge in [-0.15, -0.1) is 0 Å². The van der Waals surface area contributed by atoms with E-state index < -0.39 is 32.8 Å². The van der Waals surface area contributed by atoms with E-state index in [4.69, 9.17) is 0 Å². The van der Waals surface area contributed by atoms with E-state index in [1.807, 2.05) is 0 Å². The van der Waals surface area contributed by atoms with Crippen LogP contribution in [0.5, 0.6) is 0 Å². The molecule has 1 fully saturated rings. The van der Waals surface area contributed by atoms with Gasteiger partial charge in [-0.05, 0) is 24.6 Å². The number of nitrogens with zero attached hydrogens (tertiary/aromatic N) is 1. The topological polar surface area (TPSA) is 57.6 Å². The highest BCUT2D eigenvalue weighted by Crippen LogP contribution is 2.31. The van der Waals surface area contributed by atoms with Gasteiger partial charge < -0.3 is 5.11 Å². The first-order valence-electron chi connectivity index (χ1n) is 5.57. The number of alkyl halides is 3. The molecule has 1 saturated heterocycles. The fraction of sp³-hybridized carbons (Fsp3) is 0.455. The normalized spacial score (nSPS) is 21.8. The number of halogens is 3. The minimum Gasteiger partial charge on any atom is -0.392 e. The van der Waals surface area contributed by atoms with Crippen LogP contribution in [0, 0.1) is 0 Å². The van der Waals surface area contributed by atoms with E-state index in [-0.39, 0.29) is 19.5 Å². The molecular weight excluding hydrogens is 283 g/mol. The number of aliphatic hydroxyl groups is 1. The Bertz CT molecular complexity index is 571. The molecule has 4 nitrogen and oxygen atoms in total. The Morgan fingerprint density at radius 2 is 2.00 bits per heavy atom. The second-order valence-corrected chi connectivity index (χ2v) is 6.27. The van der Waals surface area contributed by atoms with Crippen LogP contribution in [0.3, 0.4) is 0 Å². The van der Waals surface area contributed by atoms with Gasteiger partial charge in [-0.1, -0.05) is 6.07 Å². The van der Waals surface area contributed by atoms with Gasteiger partial charge in [0.15, 0.2) is 0 Å². The van der Waals surface area contributed by atoms with Crippen molar-refractivity contribution in [3.63, 3.8) is 0 Å². The Balaban J connectivity index is 2.36. The largest absolute Gasteiger partial charge is 0.416 e. The molecule has 19 heavy (non-hydrogen) atoms. The van der Waals surface area contributed by atoms with Crippen molar-refractivity contribution in [1.29, 1.82) is 0 Å². The summed E-state index contributed by atoms with van der Waals surface area (Å²) in [5, 5.41) is 9.31. The van der Waals surface area contributed by atoms with Gasteiger partial charge >= 0.3 is 6.18 Å². The maximum absolute atomic E-state index is 12.5. The summed E-state index contributed by atoms with van der Waals surface area (Å²) >= 11 is 0. The maximum Gasteiger partial charge on any atom is 0.416 e. The fourth-order valence-electron chi connectivity index (χ4n) is 1.91. The molecule has 0 aromatic heterocycles. The Morgan fingerprint density at radius 3 is 2.53 bits per heavy atom. The van der Waals surface area contributed by atoms with Gasteiger partial charge in [0.05, 0.1) is 16.6 Å². The molecule has 0 saturated carbocycles. The minimum absolute atomic E-state index is 0.0847.